The topological polar surface area (TPSA) is 206 Å². The molecular formula is C50H77NO13. The van der Waals surface area contributed by atoms with Crippen molar-refractivity contribution in [1.82, 2.24) is 4.90 Å². The first kappa shape index (κ1) is 53.2. The van der Waals surface area contributed by atoms with E-state index in [9.17, 15) is 44.4 Å². The van der Waals surface area contributed by atoms with Crippen molar-refractivity contribution in [2.45, 2.75) is 180 Å². The maximum atomic E-state index is 14.3. The number of rotatable bonds is 5. The van der Waals surface area contributed by atoms with Crippen LogP contribution < -0.4 is 0 Å². The van der Waals surface area contributed by atoms with Gasteiger partial charge in [-0.1, -0.05) is 71.1 Å². The first-order valence-electron chi connectivity index (χ1n) is 23.5. The normalized spacial score (nSPS) is 39.5. The van der Waals surface area contributed by atoms with E-state index >= 15 is 0 Å². The summed E-state index contributed by atoms with van der Waals surface area (Å²) in [5, 5.41) is 43.9. The first-order valence-corrected chi connectivity index (χ1v) is 23.5. The summed E-state index contributed by atoms with van der Waals surface area (Å²) in [6.07, 6.45) is 9.61. The Balaban J connectivity index is 1.70. The lowest BCUT2D eigenvalue weighted by Gasteiger charge is -2.42. The van der Waals surface area contributed by atoms with Gasteiger partial charge in [0.25, 0.3) is 11.7 Å². The summed E-state index contributed by atoms with van der Waals surface area (Å²) in [5.41, 5.74) is 1.24. The Morgan fingerprint density at radius 1 is 0.844 bits per heavy atom. The third-order valence-electron chi connectivity index (χ3n) is 14.2. The molecule has 4 aliphatic rings. The predicted molar refractivity (Wildman–Crippen MR) is 240 cm³/mol. The van der Waals surface area contributed by atoms with Crippen LogP contribution in [0.3, 0.4) is 0 Å². The molecule has 14 nitrogen and oxygen atoms in total. The molecule has 0 unspecified atom stereocenters. The van der Waals surface area contributed by atoms with Crippen molar-refractivity contribution in [2.24, 2.45) is 35.5 Å². The molecule has 64 heavy (non-hydrogen) atoms. The first-order chi connectivity index (χ1) is 30.2. The average Bonchev–Trinajstić information content (AvgIpc) is 3.26. The van der Waals surface area contributed by atoms with E-state index in [1.807, 2.05) is 51.2 Å². The second-order valence-corrected chi connectivity index (χ2v) is 19.4. The number of carbonyl (C=O) groups excluding carboxylic acids is 5. The number of nitrogens with zero attached hydrogens (tertiary/aromatic N) is 1. The molecule has 2 bridgehead atoms. The Labute approximate surface area is 380 Å². The quantitative estimate of drug-likeness (QED) is 0.153. The summed E-state index contributed by atoms with van der Waals surface area (Å²) in [6, 6.07) is -1.16. The van der Waals surface area contributed by atoms with E-state index < -0.39 is 95.9 Å². The van der Waals surface area contributed by atoms with Crippen LogP contribution in [0.1, 0.15) is 126 Å². The summed E-state index contributed by atoms with van der Waals surface area (Å²) in [7, 11) is 2.94. The van der Waals surface area contributed by atoms with Crippen molar-refractivity contribution in [3.63, 3.8) is 0 Å². The van der Waals surface area contributed by atoms with Crippen LogP contribution in [0.5, 0.6) is 0 Å². The summed E-state index contributed by atoms with van der Waals surface area (Å²) in [4.78, 5) is 71.5. The second kappa shape index (κ2) is 24.4. The van der Waals surface area contributed by atoms with Gasteiger partial charge in [-0.2, -0.15) is 0 Å². The zero-order chi connectivity index (χ0) is 47.5. The number of allylic oxidation sites excluding steroid dienone is 6. The fourth-order valence-electron chi connectivity index (χ4n) is 9.88. The Hall–Kier alpha value is -3.37. The molecule has 3 fully saturated rings. The maximum absolute atomic E-state index is 14.3. The maximum Gasteiger partial charge on any atom is 0.329 e. The molecule has 1 amide bonds. The Kier molecular flexibility index (Phi) is 20.3. The number of aliphatic hydroxyl groups excluding tert-OH is 3. The zero-order valence-electron chi connectivity index (χ0n) is 39.6. The van der Waals surface area contributed by atoms with Crippen LogP contribution >= 0.6 is 0 Å². The Morgan fingerprint density at radius 3 is 2.23 bits per heavy atom. The number of fused-ring (bicyclic) bond motifs is 3. The van der Waals surface area contributed by atoms with Gasteiger partial charge in [0.15, 0.2) is 5.78 Å². The molecule has 3 heterocycles. The number of amides is 1. The van der Waals surface area contributed by atoms with Crippen molar-refractivity contribution in [3.8, 4) is 0 Å². The number of ketones is 3. The lowest BCUT2D eigenvalue weighted by Crippen LogP contribution is -2.61. The highest BCUT2D eigenvalue weighted by molar-refractivity contribution is 6.39. The predicted octanol–water partition coefficient (Wildman–Crippen LogP) is 5.53. The van der Waals surface area contributed by atoms with E-state index in [1.165, 1.54) is 12.0 Å². The number of piperidine rings is 1. The van der Waals surface area contributed by atoms with Gasteiger partial charge in [-0.15, -0.1) is 0 Å². The molecule has 1 aliphatic carbocycles. The number of ether oxygens (including phenoxy) is 4. The molecule has 0 aromatic heterocycles. The third-order valence-corrected chi connectivity index (χ3v) is 14.2. The van der Waals surface area contributed by atoms with Gasteiger partial charge in [0.05, 0.1) is 24.4 Å². The highest BCUT2D eigenvalue weighted by atomic mass is 16.6. The molecule has 0 aromatic carbocycles. The SMILES string of the molecule is CO[C@H]1C[C@@H]2CC[C@@H](C)[C@@](O)(O2)C(=O)C(=O)N2CCCC[C@H]2C(=O)O[C@H]([C@H](C)C[C@@H]2CC[C@@H](O)[C@H](O)C2)CC(=O)[C@H](C)/C=C(\C)[C@@H](O)[C@@H](OC)C(=O)[C@H](C)C[C@H](C)/C=C/C=CC=C1C. The number of hydrogen-bond acceptors (Lipinski definition) is 13. The molecule has 4 rings (SSSR count). The van der Waals surface area contributed by atoms with Crippen LogP contribution in [-0.4, -0.2) is 130 Å². The van der Waals surface area contributed by atoms with Crippen molar-refractivity contribution in [1.29, 1.82) is 0 Å². The van der Waals surface area contributed by atoms with E-state index in [0.717, 1.165) is 5.57 Å². The van der Waals surface area contributed by atoms with Crippen LogP contribution in [0.25, 0.3) is 0 Å². The number of methoxy groups -OCH3 is 2. The van der Waals surface area contributed by atoms with Crippen molar-refractivity contribution >= 4 is 29.2 Å². The summed E-state index contributed by atoms with van der Waals surface area (Å²) in [5.74, 6) is -8.29. The molecular weight excluding hydrogens is 823 g/mol. The Morgan fingerprint density at radius 2 is 1.56 bits per heavy atom. The summed E-state index contributed by atoms with van der Waals surface area (Å²) >= 11 is 0. The molecule has 1 saturated carbocycles. The highest BCUT2D eigenvalue weighted by Crippen LogP contribution is 2.37. The minimum atomic E-state index is -2.44. The molecule has 0 radical (unpaired) electrons. The lowest BCUT2D eigenvalue weighted by atomic mass is 9.78. The van der Waals surface area contributed by atoms with Crippen LogP contribution in [0.15, 0.2) is 47.6 Å². The second-order valence-electron chi connectivity index (χ2n) is 19.4. The largest absolute Gasteiger partial charge is 0.460 e. The summed E-state index contributed by atoms with van der Waals surface area (Å²) in [6.45, 7) is 12.6. The average molecular weight is 900 g/mol. The van der Waals surface area contributed by atoms with Gasteiger partial charge in [-0.25, -0.2) is 4.79 Å². The van der Waals surface area contributed by atoms with Crippen LogP contribution in [0.2, 0.25) is 0 Å². The van der Waals surface area contributed by atoms with Crippen LogP contribution in [-0.2, 0) is 42.9 Å². The smallest absolute Gasteiger partial charge is 0.329 e. The number of esters is 1. The lowest BCUT2D eigenvalue weighted by molar-refractivity contribution is -0.265. The molecule has 14 heteroatoms. The number of Topliss-reactive ketones (excluding diaryl/α,β-unsaturated/α-hetero) is 3. The fourth-order valence-corrected chi connectivity index (χ4v) is 9.88. The van der Waals surface area contributed by atoms with Crippen LogP contribution in [0, 0.1) is 35.5 Å². The molecule has 3 aliphatic heterocycles. The van der Waals surface area contributed by atoms with Gasteiger partial charge in [-0.3, -0.25) is 19.2 Å². The fraction of sp³-hybridized carbons (Fsp3) is 0.740. The van der Waals surface area contributed by atoms with Gasteiger partial charge in [-0.05, 0) is 107 Å². The molecule has 360 valence electrons. The molecule has 0 spiro atoms. The van der Waals surface area contributed by atoms with E-state index in [2.05, 4.69) is 0 Å². The molecule has 15 atom stereocenters. The molecule has 4 N–H and O–H groups in total. The Bertz CT molecular complexity index is 1740. The molecule has 0 aromatic rings. The minimum Gasteiger partial charge on any atom is -0.460 e. The van der Waals surface area contributed by atoms with E-state index in [-0.39, 0.29) is 42.8 Å². The van der Waals surface area contributed by atoms with Gasteiger partial charge in [0.1, 0.15) is 30.1 Å². The van der Waals surface area contributed by atoms with Crippen molar-refractivity contribution in [2.75, 3.05) is 20.8 Å². The molecule has 2 saturated heterocycles. The van der Waals surface area contributed by atoms with E-state index in [1.54, 1.807) is 40.9 Å². The van der Waals surface area contributed by atoms with Crippen LogP contribution in [0.4, 0.5) is 0 Å². The zero-order valence-corrected chi connectivity index (χ0v) is 39.6. The summed E-state index contributed by atoms with van der Waals surface area (Å²) < 4.78 is 23.7. The number of carbonyl (C=O) groups is 5. The highest BCUT2D eigenvalue weighted by Gasteiger charge is 2.53. The number of hydrogen-bond donors (Lipinski definition) is 4. The van der Waals surface area contributed by atoms with Gasteiger partial charge in [0.2, 0.25) is 5.79 Å². The number of aliphatic hydroxyl groups is 4. The standard InChI is InChI=1S/C50H77NO13/c1-29-15-11-10-12-16-30(2)42(61-8)27-37-20-18-35(7)50(60,64-37)47(57)48(58)51-22-14-13-17-38(51)49(59)63-43(32(4)25-36-19-21-39(52)41(54)26-36)28-40(53)31(3)24-34(6)45(56)46(62-9)44(55)33(5)23-29/h10-12,15-16,24,29,31-33,35-39,41-43,45-46,52,54,56,60H,13-14,17-23,25-28H2,1-9H3/b12-10?,15-11+,30-16?,34-24+/t29-,31-,32-,33-,35-,36+,37+,38+,39-,41-,42+,43+,45-,46+,50-/m1/s1. The number of cyclic esters (lactones) is 1. The van der Waals surface area contributed by atoms with Gasteiger partial charge >= 0.3 is 5.97 Å². The van der Waals surface area contributed by atoms with Gasteiger partial charge < -0.3 is 44.3 Å². The van der Waals surface area contributed by atoms with Crippen molar-refractivity contribution in [3.05, 3.63) is 47.6 Å². The third kappa shape index (κ3) is 13.8. The van der Waals surface area contributed by atoms with Gasteiger partial charge in [0, 0.05) is 51.4 Å². The van der Waals surface area contributed by atoms with E-state index in [0.29, 0.717) is 69.8 Å². The monoisotopic (exact) mass is 900 g/mol. The van der Waals surface area contributed by atoms with E-state index in [4.69, 9.17) is 18.9 Å². The minimum absolute atomic E-state index is 0.0134. The van der Waals surface area contributed by atoms with Crippen molar-refractivity contribution < 1.29 is 63.3 Å².